The second-order valence-corrected chi connectivity index (χ2v) is 4.40. The van der Waals surface area contributed by atoms with E-state index in [1.807, 2.05) is 13.8 Å². The van der Waals surface area contributed by atoms with Crippen molar-refractivity contribution in [1.82, 2.24) is 15.1 Å². The van der Waals surface area contributed by atoms with Crippen molar-refractivity contribution in [2.24, 2.45) is 5.92 Å². The van der Waals surface area contributed by atoms with E-state index in [4.69, 9.17) is 5.26 Å². The molecule has 5 nitrogen and oxygen atoms in total. The van der Waals surface area contributed by atoms with Crippen LogP contribution in [-0.4, -0.2) is 21.7 Å². The van der Waals surface area contributed by atoms with Gasteiger partial charge >= 0.3 is 0 Å². The molecule has 0 spiro atoms. The van der Waals surface area contributed by atoms with Gasteiger partial charge in [-0.25, -0.2) is 0 Å². The molecule has 1 unspecified atom stereocenters. The Kier molecular flexibility index (Phi) is 3.14. The average Bonchev–Trinajstić information content (AvgIpc) is 3.08. The smallest absolute Gasteiger partial charge is 0.270 e. The first-order valence-electron chi connectivity index (χ1n) is 5.90. The lowest BCUT2D eigenvalue weighted by Gasteiger charge is -2.10. The molecule has 1 aromatic rings. The number of amides is 1. The van der Waals surface area contributed by atoms with E-state index in [0.29, 0.717) is 18.2 Å². The molecule has 1 heterocycles. The molecule has 1 fully saturated rings. The third-order valence-corrected chi connectivity index (χ3v) is 2.95. The first-order chi connectivity index (χ1) is 8.15. The second kappa shape index (κ2) is 4.58. The summed E-state index contributed by atoms with van der Waals surface area (Å²) in [5, 5.41) is 16.0. The van der Waals surface area contributed by atoms with E-state index in [1.54, 1.807) is 10.7 Å². The molecule has 1 aliphatic carbocycles. The summed E-state index contributed by atoms with van der Waals surface area (Å²) in [7, 11) is 0. The number of nitrogens with one attached hydrogen (secondary N) is 1. The van der Waals surface area contributed by atoms with Gasteiger partial charge in [0.2, 0.25) is 0 Å². The zero-order valence-corrected chi connectivity index (χ0v) is 10.1. The van der Waals surface area contributed by atoms with Crippen LogP contribution in [0.25, 0.3) is 0 Å². The normalized spacial score (nSPS) is 16.3. The van der Waals surface area contributed by atoms with Gasteiger partial charge in [0.05, 0.1) is 11.8 Å². The largest absolute Gasteiger partial charge is 0.335 e. The van der Waals surface area contributed by atoms with Crippen LogP contribution in [0.3, 0.4) is 0 Å². The third kappa shape index (κ3) is 2.47. The van der Waals surface area contributed by atoms with Gasteiger partial charge in [-0.05, 0) is 38.7 Å². The highest BCUT2D eigenvalue weighted by Gasteiger charge is 2.33. The Labute approximate surface area is 100 Å². The monoisotopic (exact) mass is 232 g/mol. The molecular formula is C12H16N4O. The zero-order chi connectivity index (χ0) is 12.4. The molecule has 0 saturated heterocycles. The van der Waals surface area contributed by atoms with E-state index < -0.39 is 0 Å². The van der Waals surface area contributed by atoms with Crippen molar-refractivity contribution < 1.29 is 4.79 Å². The lowest BCUT2D eigenvalue weighted by molar-refractivity contribution is 0.0931. The predicted octanol–water partition coefficient (Wildman–Crippen LogP) is 1.24. The summed E-state index contributed by atoms with van der Waals surface area (Å²) in [5.41, 5.74) is 1.35. The van der Waals surface area contributed by atoms with Gasteiger partial charge in [0.15, 0.2) is 0 Å². The number of rotatable bonds is 4. The van der Waals surface area contributed by atoms with Crippen LogP contribution in [0, 0.1) is 24.2 Å². The van der Waals surface area contributed by atoms with Crippen LogP contribution in [0.15, 0.2) is 6.07 Å². The molecule has 1 atom stereocenters. The first kappa shape index (κ1) is 11.6. The van der Waals surface area contributed by atoms with Crippen molar-refractivity contribution in [3.8, 4) is 6.07 Å². The molecular weight excluding hydrogens is 216 g/mol. The maximum absolute atomic E-state index is 12.0. The Hall–Kier alpha value is -1.83. The predicted molar refractivity (Wildman–Crippen MR) is 62.2 cm³/mol. The van der Waals surface area contributed by atoms with Gasteiger partial charge in [-0.1, -0.05) is 0 Å². The maximum Gasteiger partial charge on any atom is 0.270 e. The number of aromatic nitrogens is 2. The Balaban J connectivity index is 2.10. The lowest BCUT2D eigenvalue weighted by atomic mass is 10.2. The molecule has 0 radical (unpaired) electrons. The SMILES string of the molecule is CCn1nc(C)cc1C(=O)NC(C#N)C1CC1. The van der Waals surface area contributed by atoms with Crippen molar-refractivity contribution in [1.29, 1.82) is 5.26 Å². The maximum atomic E-state index is 12.0. The summed E-state index contributed by atoms with van der Waals surface area (Å²) in [6, 6.07) is 3.54. The minimum atomic E-state index is -0.358. The van der Waals surface area contributed by atoms with E-state index in [2.05, 4.69) is 16.5 Å². The highest BCUT2D eigenvalue weighted by molar-refractivity contribution is 5.93. The second-order valence-electron chi connectivity index (χ2n) is 4.40. The Morgan fingerprint density at radius 2 is 2.47 bits per heavy atom. The standard InChI is InChI=1S/C12H16N4O/c1-3-16-11(6-8(2)15-16)12(17)14-10(7-13)9-4-5-9/h6,9-10H,3-5H2,1-2H3,(H,14,17). The molecule has 90 valence electrons. The van der Waals surface area contributed by atoms with Crippen molar-refractivity contribution in [3.05, 3.63) is 17.5 Å². The van der Waals surface area contributed by atoms with E-state index in [1.165, 1.54) is 0 Å². The molecule has 1 amide bonds. The van der Waals surface area contributed by atoms with Gasteiger partial charge in [0.25, 0.3) is 5.91 Å². The van der Waals surface area contributed by atoms with Crippen molar-refractivity contribution in [2.75, 3.05) is 0 Å². The number of carbonyl (C=O) groups excluding carboxylic acids is 1. The van der Waals surface area contributed by atoms with E-state index >= 15 is 0 Å². The minimum Gasteiger partial charge on any atom is -0.335 e. The summed E-state index contributed by atoms with van der Waals surface area (Å²) >= 11 is 0. The summed E-state index contributed by atoms with van der Waals surface area (Å²) < 4.78 is 1.66. The minimum absolute atomic E-state index is 0.203. The molecule has 1 saturated carbocycles. The summed E-state index contributed by atoms with van der Waals surface area (Å²) in [6.07, 6.45) is 2.06. The third-order valence-electron chi connectivity index (χ3n) is 2.95. The fourth-order valence-corrected chi connectivity index (χ4v) is 1.87. The zero-order valence-electron chi connectivity index (χ0n) is 10.1. The fourth-order valence-electron chi connectivity index (χ4n) is 1.87. The topological polar surface area (TPSA) is 70.7 Å². The molecule has 17 heavy (non-hydrogen) atoms. The molecule has 0 aromatic carbocycles. The van der Waals surface area contributed by atoms with Gasteiger partial charge in [-0.15, -0.1) is 0 Å². The van der Waals surface area contributed by atoms with Gasteiger partial charge in [-0.2, -0.15) is 10.4 Å². The Morgan fingerprint density at radius 3 is 3.00 bits per heavy atom. The number of hydrogen-bond donors (Lipinski definition) is 1. The molecule has 1 N–H and O–H groups in total. The van der Waals surface area contributed by atoms with Gasteiger partial charge < -0.3 is 5.32 Å². The van der Waals surface area contributed by atoms with Crippen LogP contribution < -0.4 is 5.32 Å². The molecule has 2 rings (SSSR count). The quantitative estimate of drug-likeness (QED) is 0.849. The summed E-state index contributed by atoms with van der Waals surface area (Å²) in [5.74, 6) is 0.133. The molecule has 1 aliphatic rings. The molecule has 0 aliphatic heterocycles. The Bertz CT molecular complexity index is 467. The van der Waals surface area contributed by atoms with Crippen LogP contribution in [0.4, 0.5) is 0 Å². The van der Waals surface area contributed by atoms with Crippen molar-refractivity contribution >= 4 is 5.91 Å². The summed E-state index contributed by atoms with van der Waals surface area (Å²) in [6.45, 7) is 4.44. The van der Waals surface area contributed by atoms with Crippen LogP contribution in [0.2, 0.25) is 0 Å². The van der Waals surface area contributed by atoms with Crippen molar-refractivity contribution in [2.45, 2.75) is 39.3 Å². The van der Waals surface area contributed by atoms with E-state index in [9.17, 15) is 4.79 Å². The average molecular weight is 232 g/mol. The summed E-state index contributed by atoms with van der Waals surface area (Å²) in [4.78, 5) is 12.0. The van der Waals surface area contributed by atoms with Crippen LogP contribution >= 0.6 is 0 Å². The van der Waals surface area contributed by atoms with Gasteiger partial charge in [0, 0.05) is 6.54 Å². The van der Waals surface area contributed by atoms with E-state index in [-0.39, 0.29) is 11.9 Å². The highest BCUT2D eigenvalue weighted by atomic mass is 16.2. The number of nitrogens with zero attached hydrogens (tertiary/aromatic N) is 3. The lowest BCUT2D eigenvalue weighted by Crippen LogP contribution is -2.36. The highest BCUT2D eigenvalue weighted by Crippen LogP contribution is 2.32. The molecule has 0 bridgehead atoms. The fraction of sp³-hybridized carbons (Fsp3) is 0.583. The van der Waals surface area contributed by atoms with Gasteiger partial charge in [-0.3, -0.25) is 9.48 Å². The molecule has 1 aromatic heterocycles. The van der Waals surface area contributed by atoms with Crippen LogP contribution in [-0.2, 0) is 6.54 Å². The first-order valence-corrected chi connectivity index (χ1v) is 5.90. The number of hydrogen-bond acceptors (Lipinski definition) is 3. The van der Waals surface area contributed by atoms with Crippen LogP contribution in [0.5, 0.6) is 0 Å². The number of nitriles is 1. The molecule has 5 heteroatoms. The Morgan fingerprint density at radius 1 is 1.76 bits per heavy atom. The van der Waals surface area contributed by atoms with Crippen molar-refractivity contribution in [3.63, 3.8) is 0 Å². The van der Waals surface area contributed by atoms with E-state index in [0.717, 1.165) is 18.5 Å². The number of aryl methyl sites for hydroxylation is 2. The van der Waals surface area contributed by atoms with Crippen LogP contribution in [0.1, 0.15) is 35.9 Å². The number of carbonyl (C=O) groups is 1. The van der Waals surface area contributed by atoms with Gasteiger partial charge in [0.1, 0.15) is 11.7 Å².